The number of carbonyl (C=O) groups excluding carboxylic acids is 1. The lowest BCUT2D eigenvalue weighted by Gasteiger charge is -2.26. The number of hydrogen-bond acceptors (Lipinski definition) is 7. The molecule has 0 radical (unpaired) electrons. The molecule has 9 nitrogen and oxygen atoms in total. The Labute approximate surface area is 230 Å². The van der Waals surface area contributed by atoms with Gasteiger partial charge in [0, 0.05) is 42.5 Å². The van der Waals surface area contributed by atoms with Crippen molar-refractivity contribution in [1.82, 2.24) is 20.0 Å². The van der Waals surface area contributed by atoms with Gasteiger partial charge in [0.25, 0.3) is 11.5 Å². The van der Waals surface area contributed by atoms with Crippen molar-refractivity contribution in [2.75, 3.05) is 44.7 Å². The maximum absolute atomic E-state index is 13.6. The van der Waals surface area contributed by atoms with Gasteiger partial charge in [0.05, 0.1) is 25.1 Å². The fourth-order valence-corrected chi connectivity index (χ4v) is 4.28. The Hall–Kier alpha value is -4.18. The molecule has 1 aromatic heterocycles. The number of anilines is 2. The van der Waals surface area contributed by atoms with Crippen LogP contribution in [0.25, 0.3) is 5.69 Å². The molecule has 1 saturated heterocycles. The first-order valence-corrected chi connectivity index (χ1v) is 13.0. The Morgan fingerprint density at radius 2 is 1.77 bits per heavy atom. The molecule has 1 aliphatic heterocycles. The molecule has 2 heterocycles. The first-order chi connectivity index (χ1) is 19.1. The highest BCUT2D eigenvalue weighted by Crippen LogP contribution is 2.29. The number of amides is 1. The molecule has 1 fully saturated rings. The number of nitrogens with zero attached hydrogens (tertiary/aromatic N) is 3. The molecule has 2 N–H and O–H groups in total. The molecule has 200 valence electrons. The molecule has 0 unspecified atom stereocenters. The molecular weight excluding hydrogens is 518 g/mol. The third kappa shape index (κ3) is 6.83. The molecule has 0 aliphatic carbocycles. The van der Waals surface area contributed by atoms with Crippen LogP contribution < -0.4 is 20.9 Å². The molecule has 0 atom stereocenters. The van der Waals surface area contributed by atoms with Gasteiger partial charge in [-0.05, 0) is 54.6 Å². The van der Waals surface area contributed by atoms with Crippen LogP contribution in [0.4, 0.5) is 11.4 Å². The number of para-hydroxylation sites is 1. The Balaban J connectivity index is 1.38. The van der Waals surface area contributed by atoms with Gasteiger partial charge in [-0.3, -0.25) is 14.5 Å². The minimum Gasteiger partial charge on any atom is -0.453 e. The van der Waals surface area contributed by atoms with E-state index in [2.05, 4.69) is 20.6 Å². The van der Waals surface area contributed by atoms with Crippen LogP contribution in [0.1, 0.15) is 10.4 Å². The minimum absolute atomic E-state index is 0.175. The standard InChI is InChI=1S/C29H28ClN5O4/c30-22-9-11-24(12-10-22)35-29(37)27(26(20-32-35)39-25-7-2-1-3-8-25)33-23-6-4-5-21(19-23)28(36)31-13-14-34-15-17-38-18-16-34/h1-12,19-20,33H,13-18H2,(H,31,36). The normalized spacial score (nSPS) is 13.6. The lowest BCUT2D eigenvalue weighted by Crippen LogP contribution is -2.41. The van der Waals surface area contributed by atoms with Crippen LogP contribution >= 0.6 is 11.6 Å². The Kier molecular flexibility index (Phi) is 8.52. The van der Waals surface area contributed by atoms with Crippen LogP contribution in [0.15, 0.2) is 89.9 Å². The maximum Gasteiger partial charge on any atom is 0.299 e. The van der Waals surface area contributed by atoms with Crippen LogP contribution in [0, 0.1) is 0 Å². The van der Waals surface area contributed by atoms with E-state index in [1.807, 2.05) is 18.2 Å². The van der Waals surface area contributed by atoms with Gasteiger partial charge in [-0.15, -0.1) is 0 Å². The van der Waals surface area contributed by atoms with Gasteiger partial charge < -0.3 is 20.1 Å². The van der Waals surface area contributed by atoms with E-state index in [1.165, 1.54) is 10.9 Å². The number of rotatable bonds is 9. The second-order valence-corrected chi connectivity index (χ2v) is 9.34. The van der Waals surface area contributed by atoms with Crippen LogP contribution in [0.2, 0.25) is 5.02 Å². The van der Waals surface area contributed by atoms with E-state index in [0.29, 0.717) is 47.5 Å². The summed E-state index contributed by atoms with van der Waals surface area (Å²) >= 11 is 6.02. The first-order valence-electron chi connectivity index (χ1n) is 12.6. The predicted molar refractivity (Wildman–Crippen MR) is 151 cm³/mol. The van der Waals surface area contributed by atoms with E-state index in [0.717, 1.165) is 19.6 Å². The van der Waals surface area contributed by atoms with E-state index in [9.17, 15) is 9.59 Å². The summed E-state index contributed by atoms with van der Waals surface area (Å²) in [4.78, 5) is 28.7. The molecule has 1 aliphatic rings. The monoisotopic (exact) mass is 545 g/mol. The van der Waals surface area contributed by atoms with Crippen molar-refractivity contribution in [2.45, 2.75) is 0 Å². The predicted octanol–water partition coefficient (Wildman–Crippen LogP) is 4.48. The molecule has 0 saturated carbocycles. The molecule has 0 bridgehead atoms. The number of aromatic nitrogens is 2. The Morgan fingerprint density at radius 3 is 2.54 bits per heavy atom. The van der Waals surface area contributed by atoms with Gasteiger partial charge >= 0.3 is 0 Å². The van der Waals surface area contributed by atoms with Gasteiger partial charge in [0.1, 0.15) is 5.75 Å². The van der Waals surface area contributed by atoms with Crippen molar-refractivity contribution in [2.24, 2.45) is 0 Å². The molecule has 3 aromatic carbocycles. The van der Waals surface area contributed by atoms with E-state index >= 15 is 0 Å². The summed E-state index contributed by atoms with van der Waals surface area (Å²) in [6, 6.07) is 22.9. The second-order valence-electron chi connectivity index (χ2n) is 8.91. The largest absolute Gasteiger partial charge is 0.453 e. The molecule has 10 heteroatoms. The quantitative estimate of drug-likeness (QED) is 0.320. The topological polar surface area (TPSA) is 97.7 Å². The summed E-state index contributed by atoms with van der Waals surface area (Å²) in [7, 11) is 0. The molecule has 5 rings (SSSR count). The summed E-state index contributed by atoms with van der Waals surface area (Å²) in [6.45, 7) is 4.44. The van der Waals surface area contributed by atoms with Gasteiger partial charge in [-0.25, -0.2) is 0 Å². The van der Waals surface area contributed by atoms with Gasteiger partial charge in [0.15, 0.2) is 11.4 Å². The lowest BCUT2D eigenvalue weighted by atomic mass is 10.2. The summed E-state index contributed by atoms with van der Waals surface area (Å²) in [5.41, 5.74) is 1.33. The highest BCUT2D eigenvalue weighted by molar-refractivity contribution is 6.30. The molecular formula is C29H28ClN5O4. The lowest BCUT2D eigenvalue weighted by molar-refractivity contribution is 0.0383. The summed E-state index contributed by atoms with van der Waals surface area (Å²) in [5.74, 6) is 0.608. The maximum atomic E-state index is 13.6. The van der Waals surface area contributed by atoms with Crippen molar-refractivity contribution in [3.05, 3.63) is 106 Å². The van der Waals surface area contributed by atoms with Crippen LogP contribution in [-0.4, -0.2) is 60.0 Å². The number of halogens is 1. The highest BCUT2D eigenvalue weighted by atomic mass is 35.5. The fraction of sp³-hybridized carbons (Fsp3) is 0.207. The van der Waals surface area contributed by atoms with Crippen molar-refractivity contribution in [3.8, 4) is 17.2 Å². The zero-order chi connectivity index (χ0) is 27.0. The van der Waals surface area contributed by atoms with Gasteiger partial charge in [-0.1, -0.05) is 35.9 Å². The van der Waals surface area contributed by atoms with E-state index in [1.54, 1.807) is 60.7 Å². The third-order valence-electron chi connectivity index (χ3n) is 6.20. The minimum atomic E-state index is -0.425. The molecule has 39 heavy (non-hydrogen) atoms. The van der Waals surface area contributed by atoms with Crippen molar-refractivity contribution in [3.63, 3.8) is 0 Å². The average molecular weight is 546 g/mol. The number of carbonyl (C=O) groups is 1. The smallest absolute Gasteiger partial charge is 0.299 e. The third-order valence-corrected chi connectivity index (χ3v) is 6.45. The van der Waals surface area contributed by atoms with Crippen molar-refractivity contribution >= 4 is 28.9 Å². The van der Waals surface area contributed by atoms with Gasteiger partial charge in [0.2, 0.25) is 0 Å². The first kappa shape index (κ1) is 26.4. The highest BCUT2D eigenvalue weighted by Gasteiger charge is 2.17. The number of ether oxygens (including phenoxy) is 2. The second kappa shape index (κ2) is 12.6. The Morgan fingerprint density at radius 1 is 1.00 bits per heavy atom. The summed E-state index contributed by atoms with van der Waals surface area (Å²) in [5, 5.41) is 11.0. The fourth-order valence-electron chi connectivity index (χ4n) is 4.15. The zero-order valence-corrected chi connectivity index (χ0v) is 21.9. The van der Waals surface area contributed by atoms with Crippen molar-refractivity contribution in [1.29, 1.82) is 0 Å². The van der Waals surface area contributed by atoms with E-state index < -0.39 is 5.56 Å². The van der Waals surface area contributed by atoms with E-state index in [-0.39, 0.29) is 17.3 Å². The average Bonchev–Trinajstić information content (AvgIpc) is 2.97. The molecule has 4 aromatic rings. The molecule has 0 spiro atoms. The summed E-state index contributed by atoms with van der Waals surface area (Å²) < 4.78 is 12.6. The van der Waals surface area contributed by atoms with Crippen LogP contribution in [0.5, 0.6) is 11.5 Å². The number of morpholine rings is 1. The van der Waals surface area contributed by atoms with Crippen molar-refractivity contribution < 1.29 is 14.3 Å². The zero-order valence-electron chi connectivity index (χ0n) is 21.2. The van der Waals surface area contributed by atoms with Crippen LogP contribution in [0.3, 0.4) is 0 Å². The number of hydrogen-bond donors (Lipinski definition) is 2. The van der Waals surface area contributed by atoms with Gasteiger partial charge in [-0.2, -0.15) is 9.78 Å². The molecule has 1 amide bonds. The van der Waals surface area contributed by atoms with E-state index in [4.69, 9.17) is 21.1 Å². The number of nitrogens with one attached hydrogen (secondary N) is 2. The Bertz CT molecular complexity index is 1470. The van der Waals surface area contributed by atoms with Crippen LogP contribution in [-0.2, 0) is 4.74 Å². The number of benzene rings is 3. The summed E-state index contributed by atoms with van der Waals surface area (Å²) in [6.07, 6.45) is 1.48. The SMILES string of the molecule is O=C(NCCN1CCOCC1)c1cccc(Nc2c(Oc3ccccc3)cnn(-c3ccc(Cl)cc3)c2=O)c1.